The molecule has 154 valence electrons. The summed E-state index contributed by atoms with van der Waals surface area (Å²) in [5.74, 6) is 0.227. The molecule has 0 saturated carbocycles. The standard InChI is InChI=1S/C23H28N2O3S/c1-18(2)20-8-10-22(11-9-20)24-23(26)21-12-15-25(16-13-21)29(27,28)17-14-19-6-4-3-5-7-19/h3-11,14,17-18,21H,12-13,15-16H2,1-2H3,(H,24,26)/b17-14+. The van der Waals surface area contributed by atoms with Gasteiger partial charge in [-0.3, -0.25) is 4.79 Å². The van der Waals surface area contributed by atoms with Crippen molar-refractivity contribution < 1.29 is 13.2 Å². The highest BCUT2D eigenvalue weighted by atomic mass is 32.2. The van der Waals surface area contributed by atoms with Crippen LogP contribution in [0.3, 0.4) is 0 Å². The van der Waals surface area contributed by atoms with Gasteiger partial charge in [-0.2, -0.15) is 4.31 Å². The highest BCUT2D eigenvalue weighted by molar-refractivity contribution is 7.92. The normalized spacial score (nSPS) is 16.4. The van der Waals surface area contributed by atoms with E-state index < -0.39 is 10.0 Å². The van der Waals surface area contributed by atoms with E-state index in [1.165, 1.54) is 15.3 Å². The lowest BCUT2D eigenvalue weighted by molar-refractivity contribution is -0.120. The fourth-order valence-corrected chi connectivity index (χ4v) is 4.60. The summed E-state index contributed by atoms with van der Waals surface area (Å²) in [5.41, 5.74) is 2.85. The third-order valence-corrected chi connectivity index (χ3v) is 6.83. The van der Waals surface area contributed by atoms with Crippen molar-refractivity contribution in [2.24, 2.45) is 5.92 Å². The molecular weight excluding hydrogens is 384 g/mol. The van der Waals surface area contributed by atoms with Crippen molar-refractivity contribution in [3.05, 3.63) is 71.1 Å². The lowest BCUT2D eigenvalue weighted by atomic mass is 9.97. The number of piperidine rings is 1. The molecule has 1 heterocycles. The van der Waals surface area contributed by atoms with Crippen molar-refractivity contribution in [1.29, 1.82) is 0 Å². The number of sulfonamides is 1. The van der Waals surface area contributed by atoms with Crippen molar-refractivity contribution in [2.75, 3.05) is 18.4 Å². The van der Waals surface area contributed by atoms with Crippen LogP contribution < -0.4 is 5.32 Å². The monoisotopic (exact) mass is 412 g/mol. The quantitative estimate of drug-likeness (QED) is 0.762. The van der Waals surface area contributed by atoms with Crippen LogP contribution in [0.25, 0.3) is 6.08 Å². The molecule has 6 heteroatoms. The molecule has 0 radical (unpaired) electrons. The third-order valence-electron chi connectivity index (χ3n) is 5.26. The molecule has 1 saturated heterocycles. The maximum atomic E-state index is 12.6. The summed E-state index contributed by atoms with van der Waals surface area (Å²) >= 11 is 0. The zero-order chi connectivity index (χ0) is 20.9. The van der Waals surface area contributed by atoms with Crippen LogP contribution in [0.4, 0.5) is 5.69 Å². The number of carbonyl (C=O) groups excluding carboxylic acids is 1. The largest absolute Gasteiger partial charge is 0.326 e. The van der Waals surface area contributed by atoms with Crippen LogP contribution in [0.5, 0.6) is 0 Å². The van der Waals surface area contributed by atoms with Crippen LogP contribution in [0.1, 0.15) is 43.7 Å². The summed E-state index contributed by atoms with van der Waals surface area (Å²) < 4.78 is 26.6. The van der Waals surface area contributed by atoms with Crippen LogP contribution in [0, 0.1) is 5.92 Å². The number of nitrogens with one attached hydrogen (secondary N) is 1. The van der Waals surface area contributed by atoms with Gasteiger partial charge in [-0.25, -0.2) is 8.42 Å². The summed E-state index contributed by atoms with van der Waals surface area (Å²) in [6, 6.07) is 17.2. The Morgan fingerprint density at radius 2 is 1.66 bits per heavy atom. The summed E-state index contributed by atoms with van der Waals surface area (Å²) in [6.45, 7) is 4.96. The second-order valence-electron chi connectivity index (χ2n) is 7.70. The van der Waals surface area contributed by atoms with E-state index in [4.69, 9.17) is 0 Å². The molecule has 0 unspecified atom stereocenters. The number of hydrogen-bond donors (Lipinski definition) is 1. The molecule has 0 bridgehead atoms. The van der Waals surface area contributed by atoms with Gasteiger partial charge in [0.1, 0.15) is 0 Å². The first-order valence-corrected chi connectivity index (χ1v) is 11.5. The second kappa shape index (κ2) is 9.37. The third kappa shape index (κ3) is 5.78. The smallest absolute Gasteiger partial charge is 0.236 e. The minimum Gasteiger partial charge on any atom is -0.326 e. The van der Waals surface area contributed by atoms with Gasteiger partial charge < -0.3 is 5.32 Å². The summed E-state index contributed by atoms with van der Waals surface area (Å²) in [6.07, 6.45) is 2.65. The Morgan fingerprint density at radius 1 is 1.03 bits per heavy atom. The molecule has 1 aliphatic rings. The Kier molecular flexibility index (Phi) is 6.87. The molecule has 0 atom stereocenters. The molecule has 0 aromatic heterocycles. The van der Waals surface area contributed by atoms with Crippen molar-refractivity contribution in [1.82, 2.24) is 4.31 Å². The summed E-state index contributed by atoms with van der Waals surface area (Å²) in [4.78, 5) is 12.6. The van der Waals surface area contributed by atoms with Crippen molar-refractivity contribution in [3.63, 3.8) is 0 Å². The fraction of sp³-hybridized carbons (Fsp3) is 0.348. The Labute approximate surface area is 173 Å². The SMILES string of the molecule is CC(C)c1ccc(NC(=O)C2CCN(S(=O)(=O)/C=C/c3ccccc3)CC2)cc1. The Balaban J connectivity index is 1.54. The van der Waals surface area contributed by atoms with Gasteiger partial charge in [-0.15, -0.1) is 0 Å². The Hall–Kier alpha value is -2.44. The molecule has 0 spiro atoms. The number of nitrogens with zero attached hydrogens (tertiary/aromatic N) is 1. The Morgan fingerprint density at radius 3 is 2.24 bits per heavy atom. The van der Waals surface area contributed by atoms with Gasteiger partial charge >= 0.3 is 0 Å². The molecule has 2 aromatic carbocycles. The average molecular weight is 413 g/mol. The van der Waals surface area contributed by atoms with E-state index in [1.54, 1.807) is 6.08 Å². The Bertz CT molecular complexity index is 943. The molecule has 29 heavy (non-hydrogen) atoms. The number of rotatable bonds is 6. The van der Waals surface area contributed by atoms with E-state index in [9.17, 15) is 13.2 Å². The average Bonchev–Trinajstić information content (AvgIpc) is 2.73. The zero-order valence-electron chi connectivity index (χ0n) is 16.9. The predicted octanol–water partition coefficient (Wildman–Crippen LogP) is 4.46. The molecular formula is C23H28N2O3S. The first kappa shape index (κ1) is 21.3. The van der Waals surface area contributed by atoms with Crippen LogP contribution in [0.2, 0.25) is 0 Å². The van der Waals surface area contributed by atoms with Gasteiger partial charge in [0.15, 0.2) is 0 Å². The summed E-state index contributed by atoms with van der Waals surface area (Å²) in [7, 11) is -3.48. The highest BCUT2D eigenvalue weighted by Gasteiger charge is 2.30. The van der Waals surface area contributed by atoms with E-state index in [2.05, 4.69) is 19.2 Å². The number of hydrogen-bond acceptors (Lipinski definition) is 3. The first-order valence-electron chi connectivity index (χ1n) is 9.99. The molecule has 1 amide bonds. The van der Waals surface area contributed by atoms with Crippen molar-refractivity contribution >= 4 is 27.7 Å². The van der Waals surface area contributed by atoms with Gasteiger partial charge in [-0.05, 0) is 48.1 Å². The van der Waals surface area contributed by atoms with Crippen LogP contribution >= 0.6 is 0 Å². The molecule has 0 aliphatic carbocycles. The predicted molar refractivity (Wildman–Crippen MR) is 118 cm³/mol. The van der Waals surface area contributed by atoms with E-state index in [0.717, 1.165) is 11.3 Å². The lowest BCUT2D eigenvalue weighted by Crippen LogP contribution is -2.40. The molecule has 1 N–H and O–H groups in total. The van der Waals surface area contributed by atoms with E-state index in [1.807, 2.05) is 54.6 Å². The van der Waals surface area contributed by atoms with E-state index in [-0.39, 0.29) is 11.8 Å². The van der Waals surface area contributed by atoms with Gasteiger partial charge in [0.2, 0.25) is 15.9 Å². The van der Waals surface area contributed by atoms with Crippen LogP contribution in [0.15, 0.2) is 60.0 Å². The topological polar surface area (TPSA) is 66.5 Å². The number of benzene rings is 2. The number of carbonyl (C=O) groups is 1. The molecule has 2 aromatic rings. The first-order chi connectivity index (χ1) is 13.8. The minimum absolute atomic E-state index is 0.0424. The van der Waals surface area contributed by atoms with Crippen LogP contribution in [-0.2, 0) is 14.8 Å². The van der Waals surface area contributed by atoms with Gasteiger partial charge in [0, 0.05) is 30.1 Å². The zero-order valence-corrected chi connectivity index (χ0v) is 17.7. The summed E-state index contributed by atoms with van der Waals surface area (Å²) in [5, 5.41) is 4.21. The molecule has 3 rings (SSSR count). The van der Waals surface area contributed by atoms with E-state index in [0.29, 0.717) is 31.8 Å². The van der Waals surface area contributed by atoms with E-state index >= 15 is 0 Å². The van der Waals surface area contributed by atoms with Crippen LogP contribution in [-0.4, -0.2) is 31.7 Å². The van der Waals surface area contributed by atoms with Gasteiger partial charge in [0.25, 0.3) is 0 Å². The minimum atomic E-state index is -3.48. The number of amides is 1. The van der Waals surface area contributed by atoms with Gasteiger partial charge in [0.05, 0.1) is 0 Å². The number of anilines is 1. The fourth-order valence-electron chi connectivity index (χ4n) is 3.38. The molecule has 5 nitrogen and oxygen atoms in total. The molecule has 1 aliphatic heterocycles. The molecule has 1 fully saturated rings. The van der Waals surface area contributed by atoms with Crippen molar-refractivity contribution in [3.8, 4) is 0 Å². The van der Waals surface area contributed by atoms with Gasteiger partial charge in [-0.1, -0.05) is 56.3 Å². The van der Waals surface area contributed by atoms with Crippen molar-refractivity contribution in [2.45, 2.75) is 32.6 Å². The lowest BCUT2D eigenvalue weighted by Gasteiger charge is -2.29. The second-order valence-corrected chi connectivity index (χ2v) is 9.52. The maximum Gasteiger partial charge on any atom is 0.236 e. The highest BCUT2D eigenvalue weighted by Crippen LogP contribution is 2.23. The maximum absolute atomic E-state index is 12.6.